The summed E-state index contributed by atoms with van der Waals surface area (Å²) in [5.74, 6) is 1.35. The molecule has 25 heavy (non-hydrogen) atoms. The summed E-state index contributed by atoms with van der Waals surface area (Å²) in [6.45, 7) is -0.205. The van der Waals surface area contributed by atoms with E-state index in [0.29, 0.717) is 30.2 Å². The first-order valence-electron chi connectivity index (χ1n) is 7.72. The van der Waals surface area contributed by atoms with E-state index >= 15 is 0 Å². The van der Waals surface area contributed by atoms with Crippen LogP contribution in [0.15, 0.2) is 30.6 Å². The van der Waals surface area contributed by atoms with Crippen molar-refractivity contribution in [2.75, 3.05) is 19.0 Å². The van der Waals surface area contributed by atoms with E-state index in [1.54, 1.807) is 7.11 Å². The topological polar surface area (TPSA) is 77.4 Å². The zero-order valence-corrected chi connectivity index (χ0v) is 13.5. The van der Waals surface area contributed by atoms with Crippen LogP contribution in [0.1, 0.15) is 5.56 Å². The Kier molecular flexibility index (Phi) is 5.01. The molecule has 2 heterocycles. The number of rotatable bonds is 5. The molecule has 0 aliphatic carbocycles. The molecule has 9 heteroatoms. The number of anilines is 1. The molecule has 1 atom stereocenters. The van der Waals surface area contributed by atoms with Crippen molar-refractivity contribution in [3.05, 3.63) is 36.2 Å². The lowest BCUT2D eigenvalue weighted by Crippen LogP contribution is -2.44. The second-order valence-electron chi connectivity index (χ2n) is 5.60. The van der Waals surface area contributed by atoms with Crippen molar-refractivity contribution in [1.29, 1.82) is 0 Å². The third kappa shape index (κ3) is 4.17. The van der Waals surface area contributed by atoms with Crippen molar-refractivity contribution in [2.24, 2.45) is 0 Å². The van der Waals surface area contributed by atoms with E-state index in [1.165, 1.54) is 12.4 Å². The van der Waals surface area contributed by atoms with Crippen molar-refractivity contribution in [1.82, 2.24) is 15.1 Å². The van der Waals surface area contributed by atoms with Crippen LogP contribution in [0.5, 0.6) is 11.5 Å². The summed E-state index contributed by atoms with van der Waals surface area (Å²) in [4.78, 5) is 12.1. The Bertz CT molecular complexity index is 751. The van der Waals surface area contributed by atoms with E-state index in [1.807, 2.05) is 18.2 Å². The van der Waals surface area contributed by atoms with Gasteiger partial charge in [0.05, 0.1) is 25.0 Å². The highest BCUT2D eigenvalue weighted by atomic mass is 19.3. The van der Waals surface area contributed by atoms with Gasteiger partial charge in [-0.05, 0) is 12.5 Å². The number of nitrogens with one attached hydrogen (secondary N) is 2. The van der Waals surface area contributed by atoms with Crippen molar-refractivity contribution in [3.63, 3.8) is 0 Å². The number of para-hydroxylation sites is 1. The van der Waals surface area contributed by atoms with Gasteiger partial charge in [0, 0.05) is 11.8 Å². The first-order valence-corrected chi connectivity index (χ1v) is 7.72. The summed E-state index contributed by atoms with van der Waals surface area (Å²) in [5, 5.41) is 9.13. The van der Waals surface area contributed by atoms with Gasteiger partial charge in [-0.3, -0.25) is 4.68 Å². The van der Waals surface area contributed by atoms with Gasteiger partial charge in [0.25, 0.3) is 6.43 Å². The Morgan fingerprint density at radius 2 is 2.36 bits per heavy atom. The Morgan fingerprint density at radius 3 is 3.12 bits per heavy atom. The maximum absolute atomic E-state index is 12.3. The lowest BCUT2D eigenvalue weighted by atomic mass is 10.0. The maximum atomic E-state index is 12.3. The smallest absolute Gasteiger partial charge is 0.319 e. The number of carbonyl (C=O) groups is 1. The zero-order valence-electron chi connectivity index (χ0n) is 13.5. The number of alkyl halides is 2. The molecule has 0 fully saturated rings. The molecule has 0 spiro atoms. The molecule has 134 valence electrons. The molecule has 0 saturated carbocycles. The molecule has 1 aromatic carbocycles. The van der Waals surface area contributed by atoms with Crippen molar-refractivity contribution < 1.29 is 23.0 Å². The van der Waals surface area contributed by atoms with Crippen molar-refractivity contribution >= 4 is 11.7 Å². The first-order chi connectivity index (χ1) is 12.0. The number of hydrogen-bond acceptors (Lipinski definition) is 4. The van der Waals surface area contributed by atoms with Gasteiger partial charge < -0.3 is 20.1 Å². The van der Waals surface area contributed by atoms with Crippen LogP contribution in [0.2, 0.25) is 0 Å². The number of benzene rings is 1. The molecule has 1 aliphatic rings. The van der Waals surface area contributed by atoms with E-state index in [-0.39, 0.29) is 6.04 Å². The molecule has 0 radical (unpaired) electrons. The number of methoxy groups -OCH3 is 1. The number of fused-ring (bicyclic) bond motifs is 1. The van der Waals surface area contributed by atoms with Crippen LogP contribution in [0.25, 0.3) is 0 Å². The Morgan fingerprint density at radius 1 is 1.52 bits per heavy atom. The van der Waals surface area contributed by atoms with Crippen LogP contribution < -0.4 is 20.1 Å². The van der Waals surface area contributed by atoms with Crippen LogP contribution in [0.4, 0.5) is 19.3 Å². The summed E-state index contributed by atoms with van der Waals surface area (Å²) in [6, 6.07) is 4.93. The van der Waals surface area contributed by atoms with Gasteiger partial charge in [0.1, 0.15) is 13.2 Å². The average molecular weight is 352 g/mol. The second kappa shape index (κ2) is 7.37. The van der Waals surface area contributed by atoms with Gasteiger partial charge >= 0.3 is 6.03 Å². The number of urea groups is 1. The highest BCUT2D eigenvalue weighted by molar-refractivity contribution is 5.89. The average Bonchev–Trinajstić information content (AvgIpc) is 2.99. The molecular weight excluding hydrogens is 334 g/mol. The number of nitrogens with zero attached hydrogens (tertiary/aromatic N) is 2. The van der Waals surface area contributed by atoms with Gasteiger partial charge in [-0.15, -0.1) is 0 Å². The lowest BCUT2D eigenvalue weighted by Gasteiger charge is -2.27. The Hall–Kier alpha value is -2.84. The molecule has 0 saturated heterocycles. The van der Waals surface area contributed by atoms with Crippen molar-refractivity contribution in [2.45, 2.75) is 25.4 Å². The predicted molar refractivity (Wildman–Crippen MR) is 86.4 cm³/mol. The van der Waals surface area contributed by atoms with Gasteiger partial charge in [-0.1, -0.05) is 12.1 Å². The normalized spacial score (nSPS) is 16.1. The fourth-order valence-electron chi connectivity index (χ4n) is 2.67. The molecule has 2 N–H and O–H groups in total. The van der Waals surface area contributed by atoms with E-state index in [0.717, 1.165) is 10.2 Å². The summed E-state index contributed by atoms with van der Waals surface area (Å²) in [7, 11) is 1.57. The van der Waals surface area contributed by atoms with Crippen LogP contribution in [0.3, 0.4) is 0 Å². The molecule has 2 aromatic rings. The number of carbonyl (C=O) groups excluding carboxylic acids is 1. The fraction of sp³-hybridized carbons (Fsp3) is 0.375. The zero-order chi connectivity index (χ0) is 17.8. The Labute approximate surface area is 142 Å². The van der Waals surface area contributed by atoms with Gasteiger partial charge in [-0.2, -0.15) is 5.10 Å². The van der Waals surface area contributed by atoms with E-state index < -0.39 is 19.0 Å². The molecule has 1 unspecified atom stereocenters. The van der Waals surface area contributed by atoms with Crippen molar-refractivity contribution in [3.8, 4) is 11.5 Å². The van der Waals surface area contributed by atoms with E-state index in [9.17, 15) is 13.6 Å². The quantitative estimate of drug-likeness (QED) is 0.866. The number of halogens is 2. The molecule has 0 bridgehead atoms. The minimum Gasteiger partial charge on any atom is -0.493 e. The van der Waals surface area contributed by atoms with Crippen LogP contribution in [0, 0.1) is 0 Å². The summed E-state index contributed by atoms with van der Waals surface area (Å²) in [6.07, 6.45) is 0.769. The molecule has 3 rings (SSSR count). The van der Waals surface area contributed by atoms with Gasteiger partial charge in [-0.25, -0.2) is 13.6 Å². The minimum absolute atomic E-state index is 0.212. The maximum Gasteiger partial charge on any atom is 0.319 e. The Balaban J connectivity index is 1.56. The summed E-state index contributed by atoms with van der Waals surface area (Å²) >= 11 is 0. The van der Waals surface area contributed by atoms with Crippen LogP contribution in [-0.4, -0.2) is 42.0 Å². The van der Waals surface area contributed by atoms with Gasteiger partial charge in [0.15, 0.2) is 11.5 Å². The van der Waals surface area contributed by atoms with E-state index in [4.69, 9.17) is 9.47 Å². The standard InChI is InChI=1S/C16H18F2N4O3/c1-24-13-4-2-3-10-5-11(9-25-15(10)13)20-16(23)21-12-6-19-22(7-12)8-14(17)18/h2-4,6-7,11,14H,5,8-9H2,1H3,(H2,20,21,23). The highest BCUT2D eigenvalue weighted by Gasteiger charge is 2.24. The third-order valence-electron chi connectivity index (χ3n) is 3.73. The molecular formula is C16H18F2N4O3. The summed E-state index contributed by atoms with van der Waals surface area (Å²) < 4.78 is 36.6. The molecule has 7 nitrogen and oxygen atoms in total. The second-order valence-corrected chi connectivity index (χ2v) is 5.60. The molecule has 2 amide bonds. The lowest BCUT2D eigenvalue weighted by molar-refractivity contribution is 0.122. The summed E-state index contributed by atoms with van der Waals surface area (Å²) in [5.41, 5.74) is 1.29. The third-order valence-corrected chi connectivity index (χ3v) is 3.73. The molecule has 1 aromatic heterocycles. The molecule has 1 aliphatic heterocycles. The highest BCUT2D eigenvalue weighted by Crippen LogP contribution is 2.34. The van der Waals surface area contributed by atoms with Crippen LogP contribution >= 0.6 is 0 Å². The number of ether oxygens (including phenoxy) is 2. The number of amides is 2. The largest absolute Gasteiger partial charge is 0.493 e. The van der Waals surface area contributed by atoms with Gasteiger partial charge in [0.2, 0.25) is 0 Å². The fourth-order valence-corrected chi connectivity index (χ4v) is 2.67. The predicted octanol–water partition coefficient (Wildman–Crippen LogP) is 2.28. The monoisotopic (exact) mass is 352 g/mol. The minimum atomic E-state index is -2.50. The SMILES string of the molecule is COc1cccc2c1OCC(NC(=O)Nc1cnn(CC(F)F)c1)C2. The first kappa shape index (κ1) is 17.0. The van der Waals surface area contributed by atoms with E-state index in [2.05, 4.69) is 15.7 Å². The number of hydrogen-bond donors (Lipinski definition) is 2. The van der Waals surface area contributed by atoms with Crippen LogP contribution in [-0.2, 0) is 13.0 Å². The number of aromatic nitrogens is 2.